The minimum Gasteiger partial charge on any atom is -0.394 e. The molecule has 25 heavy (non-hydrogen) atoms. The first-order valence-corrected chi connectivity index (χ1v) is 5.85. The molecule has 0 aromatic heterocycles. The van der Waals surface area contributed by atoms with E-state index in [9.17, 15) is 40.0 Å². The molecule has 0 saturated heterocycles. The molecule has 0 heterocycles. The van der Waals surface area contributed by atoms with Crippen LogP contribution in [0.15, 0.2) is 15.4 Å². The van der Waals surface area contributed by atoms with E-state index in [0.29, 0.717) is 0 Å². The van der Waals surface area contributed by atoms with Crippen LogP contribution in [-0.2, 0) is 0 Å². The Balaban J connectivity index is 2.69. The number of azo groups is 1. The van der Waals surface area contributed by atoms with Gasteiger partial charge in [0.25, 0.3) is 0 Å². The first kappa shape index (κ1) is 18.2. The Morgan fingerprint density at radius 2 is 0.800 bits per heavy atom. The molecule has 2 aromatic carbocycles. The fraction of sp³-hybridized carbons (Fsp3) is 0. The number of nitrogens with two attached hydrogens (primary N) is 1. The van der Waals surface area contributed by atoms with Gasteiger partial charge in [0.1, 0.15) is 5.69 Å². The van der Waals surface area contributed by atoms with Crippen molar-refractivity contribution in [3.63, 3.8) is 0 Å². The SMILES string of the molecule is Nc1c(F)c(F)c(/N=N/c2c(F)c(F)c(N=O)c(F)c2F)c(F)c1F. The number of anilines is 1. The lowest BCUT2D eigenvalue weighted by atomic mass is 10.2. The van der Waals surface area contributed by atoms with Gasteiger partial charge in [-0.15, -0.1) is 15.1 Å². The zero-order valence-corrected chi connectivity index (χ0v) is 11.4. The molecule has 0 aliphatic rings. The topological polar surface area (TPSA) is 80.2 Å². The van der Waals surface area contributed by atoms with Gasteiger partial charge in [-0.2, -0.15) is 0 Å². The van der Waals surface area contributed by atoms with E-state index in [0.717, 1.165) is 0 Å². The van der Waals surface area contributed by atoms with Gasteiger partial charge in [-0.1, -0.05) is 0 Å². The van der Waals surface area contributed by atoms with Crippen LogP contribution in [-0.4, -0.2) is 0 Å². The summed E-state index contributed by atoms with van der Waals surface area (Å²) in [6, 6.07) is 0. The highest BCUT2D eigenvalue weighted by Gasteiger charge is 2.28. The van der Waals surface area contributed by atoms with E-state index >= 15 is 0 Å². The van der Waals surface area contributed by atoms with Crippen molar-refractivity contribution < 1.29 is 35.1 Å². The van der Waals surface area contributed by atoms with E-state index in [2.05, 4.69) is 10.2 Å². The van der Waals surface area contributed by atoms with E-state index in [4.69, 9.17) is 5.73 Å². The molecule has 0 fully saturated rings. The van der Waals surface area contributed by atoms with Crippen molar-refractivity contribution in [1.29, 1.82) is 0 Å². The highest BCUT2D eigenvalue weighted by atomic mass is 19.2. The third-order valence-corrected chi connectivity index (χ3v) is 2.83. The van der Waals surface area contributed by atoms with E-state index in [1.54, 1.807) is 5.18 Å². The van der Waals surface area contributed by atoms with Gasteiger partial charge in [0.2, 0.25) is 0 Å². The molecule has 0 amide bonds. The van der Waals surface area contributed by atoms with Crippen molar-refractivity contribution in [2.75, 3.05) is 5.73 Å². The monoisotopic (exact) mass is 370 g/mol. The van der Waals surface area contributed by atoms with Crippen LogP contribution in [0.4, 0.5) is 57.9 Å². The Bertz CT molecular complexity index is 872. The third kappa shape index (κ3) is 2.77. The van der Waals surface area contributed by atoms with Gasteiger partial charge in [-0.05, 0) is 5.18 Å². The van der Waals surface area contributed by atoms with Gasteiger partial charge >= 0.3 is 0 Å². The smallest absolute Gasteiger partial charge is 0.193 e. The van der Waals surface area contributed by atoms with Crippen LogP contribution in [0, 0.1) is 51.4 Å². The number of nitrogens with zero attached hydrogens (tertiary/aromatic N) is 3. The van der Waals surface area contributed by atoms with Gasteiger partial charge in [0.05, 0.1) is 0 Å². The summed E-state index contributed by atoms with van der Waals surface area (Å²) in [6.07, 6.45) is 0. The van der Waals surface area contributed by atoms with Gasteiger partial charge in [-0.25, -0.2) is 35.1 Å². The predicted octanol–water partition coefficient (Wildman–Crippen LogP) is 5.19. The van der Waals surface area contributed by atoms with Crippen LogP contribution in [0.2, 0.25) is 0 Å². The molecule has 0 aliphatic carbocycles. The van der Waals surface area contributed by atoms with Crippen molar-refractivity contribution in [3.05, 3.63) is 51.4 Å². The van der Waals surface area contributed by atoms with Crippen LogP contribution in [0.3, 0.4) is 0 Å². The molecule has 0 spiro atoms. The summed E-state index contributed by atoms with van der Waals surface area (Å²) in [5, 5.41) is 6.74. The molecule has 5 nitrogen and oxygen atoms in total. The normalized spacial score (nSPS) is 11.4. The average Bonchev–Trinajstić information content (AvgIpc) is 2.59. The zero-order valence-electron chi connectivity index (χ0n) is 11.4. The standard InChI is InChI=1S/C12H2F8N4O/c13-1-3(15)10(4(16)2(14)9(1)21)22-23-11-5(17)7(19)12(24-25)8(20)6(11)18/h21H2/b23-22+. The minimum absolute atomic E-state index is 1.54. The Hall–Kier alpha value is -3.12. The second-order valence-electron chi connectivity index (χ2n) is 4.26. The van der Waals surface area contributed by atoms with Gasteiger partial charge in [0, 0.05) is 0 Å². The maximum Gasteiger partial charge on any atom is 0.193 e. The fourth-order valence-corrected chi connectivity index (χ4v) is 1.60. The highest BCUT2D eigenvalue weighted by Crippen LogP contribution is 2.37. The molecule has 0 unspecified atom stereocenters. The van der Waals surface area contributed by atoms with E-state index < -0.39 is 69.3 Å². The zero-order chi connectivity index (χ0) is 19.0. The summed E-state index contributed by atoms with van der Waals surface area (Å²) in [4.78, 5) is 10.1. The second-order valence-corrected chi connectivity index (χ2v) is 4.26. The summed E-state index contributed by atoms with van der Waals surface area (Å²) in [5.41, 5.74) is -2.34. The number of halogens is 8. The van der Waals surface area contributed by atoms with Crippen molar-refractivity contribution in [1.82, 2.24) is 0 Å². The third-order valence-electron chi connectivity index (χ3n) is 2.83. The summed E-state index contributed by atoms with van der Waals surface area (Å²) < 4.78 is 107. The van der Waals surface area contributed by atoms with Gasteiger partial charge in [-0.3, -0.25) is 0 Å². The lowest BCUT2D eigenvalue weighted by molar-refractivity contribution is 0.456. The average molecular weight is 370 g/mol. The Morgan fingerprint density at radius 3 is 1.12 bits per heavy atom. The molecule has 13 heteroatoms. The van der Waals surface area contributed by atoms with Crippen LogP contribution in [0.5, 0.6) is 0 Å². The predicted molar refractivity (Wildman–Crippen MR) is 66.6 cm³/mol. The number of hydrogen-bond acceptors (Lipinski definition) is 5. The molecule has 0 atom stereocenters. The van der Waals surface area contributed by atoms with Crippen molar-refractivity contribution in [2.45, 2.75) is 0 Å². The molecule has 132 valence electrons. The van der Waals surface area contributed by atoms with Gasteiger partial charge < -0.3 is 5.73 Å². The maximum absolute atomic E-state index is 13.5. The summed E-state index contributed by atoms with van der Waals surface area (Å²) in [5.74, 6) is -17.6. The summed E-state index contributed by atoms with van der Waals surface area (Å²) in [7, 11) is 0. The molecule has 0 radical (unpaired) electrons. The molecular formula is C12H2F8N4O. The van der Waals surface area contributed by atoms with Gasteiger partial charge in [0.15, 0.2) is 63.6 Å². The van der Waals surface area contributed by atoms with Crippen molar-refractivity contribution >= 4 is 22.7 Å². The number of nitroso groups, excluding NO2 is 1. The Kier molecular flexibility index (Phi) is 4.67. The highest BCUT2D eigenvalue weighted by molar-refractivity contribution is 5.55. The summed E-state index contributed by atoms with van der Waals surface area (Å²) in [6.45, 7) is 0. The minimum atomic E-state index is -2.28. The van der Waals surface area contributed by atoms with Crippen molar-refractivity contribution in [3.8, 4) is 0 Å². The van der Waals surface area contributed by atoms with Crippen LogP contribution < -0.4 is 5.73 Å². The van der Waals surface area contributed by atoms with Crippen LogP contribution in [0.25, 0.3) is 0 Å². The molecule has 2 aromatic rings. The maximum atomic E-state index is 13.5. The van der Waals surface area contributed by atoms with E-state index in [1.807, 2.05) is 0 Å². The number of rotatable bonds is 3. The molecule has 0 saturated carbocycles. The van der Waals surface area contributed by atoms with Crippen LogP contribution in [0.1, 0.15) is 0 Å². The number of hydrogen-bond donors (Lipinski definition) is 1. The number of benzene rings is 2. The second kappa shape index (κ2) is 6.41. The quantitative estimate of drug-likeness (QED) is 0.265. The van der Waals surface area contributed by atoms with E-state index in [-0.39, 0.29) is 0 Å². The molecule has 0 bridgehead atoms. The molecule has 2 rings (SSSR count). The lowest BCUT2D eigenvalue weighted by Gasteiger charge is -2.06. The molecule has 2 N–H and O–H groups in total. The first-order valence-electron chi connectivity index (χ1n) is 5.85. The molecular weight excluding hydrogens is 368 g/mol. The molecule has 0 aliphatic heterocycles. The lowest BCUT2D eigenvalue weighted by Crippen LogP contribution is -2.02. The number of nitrogen functional groups attached to an aromatic ring is 1. The fourth-order valence-electron chi connectivity index (χ4n) is 1.60. The van der Waals surface area contributed by atoms with E-state index in [1.165, 1.54) is 0 Å². The summed E-state index contributed by atoms with van der Waals surface area (Å²) >= 11 is 0. The van der Waals surface area contributed by atoms with Crippen molar-refractivity contribution in [2.24, 2.45) is 15.4 Å². The first-order chi connectivity index (χ1) is 11.6. The Morgan fingerprint density at radius 1 is 0.520 bits per heavy atom. The largest absolute Gasteiger partial charge is 0.394 e. The van der Waals surface area contributed by atoms with Crippen LogP contribution >= 0.6 is 0 Å². The Labute approximate surface area is 131 Å².